The molecule has 1 aliphatic heterocycles. The predicted molar refractivity (Wildman–Crippen MR) is 74.7 cm³/mol. The summed E-state index contributed by atoms with van der Waals surface area (Å²) in [4.78, 5) is 0. The summed E-state index contributed by atoms with van der Waals surface area (Å²) in [7, 11) is 0. The second-order valence-electron chi connectivity index (χ2n) is 5.31. The number of aliphatic hydroxyl groups excluding tert-OH is 1. The molecular weight excluding hydrogens is 242 g/mol. The number of fused-ring (bicyclic) bond motifs is 1. The fraction of sp³-hybridized carbons (Fsp3) is 0.600. The van der Waals surface area contributed by atoms with Crippen molar-refractivity contribution in [2.45, 2.75) is 45.4 Å². The summed E-state index contributed by atoms with van der Waals surface area (Å²) in [5, 5.41) is 13.7. The summed E-state index contributed by atoms with van der Waals surface area (Å²) in [5.74, 6) is 1.49. The maximum atomic E-state index is 10.4. The summed E-state index contributed by atoms with van der Waals surface area (Å²) < 4.78 is 11.2. The second kappa shape index (κ2) is 6.26. The molecule has 0 bridgehead atoms. The zero-order chi connectivity index (χ0) is 13.8. The molecule has 0 aliphatic carbocycles. The van der Waals surface area contributed by atoms with Crippen molar-refractivity contribution in [2.24, 2.45) is 0 Å². The Morgan fingerprint density at radius 1 is 1.11 bits per heavy atom. The van der Waals surface area contributed by atoms with Gasteiger partial charge in [-0.2, -0.15) is 0 Å². The van der Waals surface area contributed by atoms with E-state index in [4.69, 9.17) is 9.47 Å². The summed E-state index contributed by atoms with van der Waals surface area (Å²) in [5.41, 5.74) is 0.852. The van der Waals surface area contributed by atoms with Crippen molar-refractivity contribution in [3.63, 3.8) is 0 Å². The molecule has 1 heterocycles. The molecule has 4 nitrogen and oxygen atoms in total. The molecular formula is C15H23NO3. The first-order chi connectivity index (χ1) is 9.08. The Hall–Kier alpha value is -1.26. The molecule has 106 valence electrons. The van der Waals surface area contributed by atoms with E-state index in [2.05, 4.69) is 19.2 Å². The first-order valence-corrected chi connectivity index (χ1v) is 6.91. The average molecular weight is 265 g/mol. The normalized spacial score (nSPS) is 17.9. The number of hydrogen-bond donors (Lipinski definition) is 2. The average Bonchev–Trinajstić information content (AvgIpc) is 2.61. The third-order valence-electron chi connectivity index (χ3n) is 3.18. The molecule has 1 aromatic carbocycles. The van der Waals surface area contributed by atoms with E-state index < -0.39 is 6.10 Å². The summed E-state index contributed by atoms with van der Waals surface area (Å²) in [6, 6.07) is 5.98. The quantitative estimate of drug-likeness (QED) is 0.877. The van der Waals surface area contributed by atoms with E-state index in [9.17, 15) is 5.11 Å². The van der Waals surface area contributed by atoms with Gasteiger partial charge in [-0.05, 0) is 24.6 Å². The number of rotatable bonds is 4. The van der Waals surface area contributed by atoms with Crippen LogP contribution in [0.2, 0.25) is 0 Å². The molecule has 2 rings (SSSR count). The van der Waals surface area contributed by atoms with Crippen LogP contribution >= 0.6 is 0 Å². The van der Waals surface area contributed by atoms with E-state index >= 15 is 0 Å². The van der Waals surface area contributed by atoms with Crippen LogP contribution in [-0.2, 0) is 0 Å². The minimum atomic E-state index is -0.556. The van der Waals surface area contributed by atoms with E-state index in [1.54, 1.807) is 0 Å². The lowest BCUT2D eigenvalue weighted by atomic mass is 10.0. The van der Waals surface area contributed by atoms with Crippen LogP contribution in [0.5, 0.6) is 11.5 Å². The first kappa shape index (κ1) is 14.2. The summed E-state index contributed by atoms with van der Waals surface area (Å²) in [6.45, 7) is 7.45. The monoisotopic (exact) mass is 265 g/mol. The Kier molecular flexibility index (Phi) is 4.66. The van der Waals surface area contributed by atoms with Crippen LogP contribution in [0.1, 0.15) is 38.9 Å². The van der Waals surface area contributed by atoms with Gasteiger partial charge in [0.2, 0.25) is 0 Å². The van der Waals surface area contributed by atoms with Gasteiger partial charge < -0.3 is 19.9 Å². The number of benzene rings is 1. The van der Waals surface area contributed by atoms with E-state index in [1.807, 2.05) is 25.1 Å². The zero-order valence-electron chi connectivity index (χ0n) is 11.8. The highest BCUT2D eigenvalue weighted by atomic mass is 16.5. The number of nitrogens with one attached hydrogen (secondary N) is 1. The molecule has 1 aliphatic rings. The van der Waals surface area contributed by atoms with Crippen LogP contribution in [0, 0.1) is 0 Å². The van der Waals surface area contributed by atoms with Crippen molar-refractivity contribution < 1.29 is 14.6 Å². The van der Waals surface area contributed by atoms with E-state index in [0.29, 0.717) is 19.3 Å². The Bertz CT molecular complexity index is 420. The molecule has 19 heavy (non-hydrogen) atoms. The number of hydrogen-bond acceptors (Lipinski definition) is 4. The van der Waals surface area contributed by atoms with Crippen LogP contribution < -0.4 is 14.8 Å². The van der Waals surface area contributed by atoms with Gasteiger partial charge in [-0.3, -0.25) is 0 Å². The maximum Gasteiger partial charge on any atom is 0.161 e. The largest absolute Gasteiger partial charge is 0.490 e. The van der Waals surface area contributed by atoms with Crippen molar-refractivity contribution in [2.75, 3.05) is 13.2 Å². The van der Waals surface area contributed by atoms with Crippen LogP contribution in [0.15, 0.2) is 18.2 Å². The van der Waals surface area contributed by atoms with Crippen LogP contribution in [0.4, 0.5) is 0 Å². The third-order valence-corrected chi connectivity index (χ3v) is 3.18. The van der Waals surface area contributed by atoms with Gasteiger partial charge in [-0.25, -0.2) is 0 Å². The second-order valence-corrected chi connectivity index (χ2v) is 5.31. The smallest absolute Gasteiger partial charge is 0.161 e. The van der Waals surface area contributed by atoms with Gasteiger partial charge >= 0.3 is 0 Å². The van der Waals surface area contributed by atoms with Gasteiger partial charge in [0.05, 0.1) is 19.3 Å². The predicted octanol–water partition coefficient (Wildman–Crippen LogP) is 2.27. The fourth-order valence-corrected chi connectivity index (χ4v) is 2.27. The van der Waals surface area contributed by atoms with Gasteiger partial charge in [-0.15, -0.1) is 0 Å². The van der Waals surface area contributed by atoms with Crippen LogP contribution in [-0.4, -0.2) is 30.4 Å². The number of ether oxygens (including phenoxy) is 2. The minimum absolute atomic E-state index is 0.00949. The van der Waals surface area contributed by atoms with Gasteiger partial charge in [0.1, 0.15) is 0 Å². The van der Waals surface area contributed by atoms with Crippen molar-refractivity contribution in [1.29, 1.82) is 0 Å². The Labute approximate surface area is 114 Å². The van der Waals surface area contributed by atoms with Crippen molar-refractivity contribution in [3.8, 4) is 11.5 Å². The summed E-state index contributed by atoms with van der Waals surface area (Å²) in [6.07, 6.45) is 0.331. The van der Waals surface area contributed by atoms with Crippen molar-refractivity contribution in [3.05, 3.63) is 23.8 Å². The minimum Gasteiger partial charge on any atom is -0.490 e. The topological polar surface area (TPSA) is 50.7 Å². The Balaban J connectivity index is 2.14. The fourth-order valence-electron chi connectivity index (χ4n) is 2.27. The Morgan fingerprint density at radius 3 is 2.47 bits per heavy atom. The molecule has 0 aromatic heterocycles. The molecule has 0 radical (unpaired) electrons. The molecule has 2 atom stereocenters. The Morgan fingerprint density at radius 2 is 1.79 bits per heavy atom. The zero-order valence-corrected chi connectivity index (χ0v) is 11.8. The SMILES string of the molecule is CC(C)NC(C)C(O)c1ccc2c(c1)OCCCO2. The standard InChI is InChI=1S/C15H23NO3/c1-10(2)16-11(3)15(17)12-5-6-13-14(9-12)19-8-4-7-18-13/h5-6,9-11,15-17H,4,7-8H2,1-3H3. The molecule has 2 N–H and O–H groups in total. The van der Waals surface area contributed by atoms with Crippen LogP contribution in [0.25, 0.3) is 0 Å². The van der Waals surface area contributed by atoms with Crippen molar-refractivity contribution >= 4 is 0 Å². The maximum absolute atomic E-state index is 10.4. The molecule has 2 unspecified atom stereocenters. The van der Waals surface area contributed by atoms with Gasteiger partial charge in [0.15, 0.2) is 11.5 Å². The lowest BCUT2D eigenvalue weighted by molar-refractivity contribution is 0.131. The molecule has 0 saturated heterocycles. The van der Waals surface area contributed by atoms with E-state index in [-0.39, 0.29) is 6.04 Å². The first-order valence-electron chi connectivity index (χ1n) is 6.91. The lowest BCUT2D eigenvalue weighted by Crippen LogP contribution is -2.36. The lowest BCUT2D eigenvalue weighted by Gasteiger charge is -2.23. The molecule has 0 fully saturated rings. The number of aliphatic hydroxyl groups is 1. The highest BCUT2D eigenvalue weighted by Crippen LogP contribution is 2.33. The van der Waals surface area contributed by atoms with Gasteiger partial charge in [-0.1, -0.05) is 19.9 Å². The highest BCUT2D eigenvalue weighted by molar-refractivity contribution is 5.44. The van der Waals surface area contributed by atoms with Crippen LogP contribution in [0.3, 0.4) is 0 Å². The van der Waals surface area contributed by atoms with Gasteiger partial charge in [0, 0.05) is 18.5 Å². The van der Waals surface area contributed by atoms with E-state index in [1.165, 1.54) is 0 Å². The van der Waals surface area contributed by atoms with E-state index in [0.717, 1.165) is 23.5 Å². The molecule has 1 aromatic rings. The van der Waals surface area contributed by atoms with Crippen molar-refractivity contribution in [1.82, 2.24) is 5.32 Å². The third kappa shape index (κ3) is 3.61. The molecule has 0 spiro atoms. The highest BCUT2D eigenvalue weighted by Gasteiger charge is 2.19. The summed E-state index contributed by atoms with van der Waals surface area (Å²) >= 11 is 0. The molecule has 0 amide bonds. The van der Waals surface area contributed by atoms with Gasteiger partial charge in [0.25, 0.3) is 0 Å². The molecule has 4 heteroatoms. The molecule has 0 saturated carbocycles.